The van der Waals surface area contributed by atoms with Crippen LogP contribution in [0.3, 0.4) is 0 Å². The minimum Gasteiger partial charge on any atom is -0.489 e. The number of hydrogen-bond donors (Lipinski definition) is 1. The Morgan fingerprint density at radius 1 is 1.05 bits per heavy atom. The summed E-state index contributed by atoms with van der Waals surface area (Å²) in [6.07, 6.45) is 1.14. The molecule has 4 heteroatoms. The van der Waals surface area contributed by atoms with E-state index >= 15 is 0 Å². The molecule has 2 aromatic carbocycles. The van der Waals surface area contributed by atoms with Crippen molar-refractivity contribution in [3.63, 3.8) is 0 Å². The molecule has 0 bridgehead atoms. The van der Waals surface area contributed by atoms with E-state index in [1.807, 2.05) is 36.4 Å². The zero-order chi connectivity index (χ0) is 14.5. The Labute approximate surface area is 133 Å². The fourth-order valence-electron chi connectivity index (χ4n) is 2.14. The lowest BCUT2D eigenvalue weighted by Crippen LogP contribution is -2.50. The van der Waals surface area contributed by atoms with E-state index in [1.54, 1.807) is 0 Å². The molecule has 1 aliphatic heterocycles. The van der Waals surface area contributed by atoms with Gasteiger partial charge in [-0.25, -0.2) is 0 Å². The second-order valence-electron chi connectivity index (χ2n) is 5.07. The maximum Gasteiger partial charge on any atom is 0.162 e. The molecular weight excluding hydrogens is 330 g/mol. The molecule has 3 rings (SSSR count). The van der Waals surface area contributed by atoms with Crippen molar-refractivity contribution < 1.29 is 9.47 Å². The van der Waals surface area contributed by atoms with Crippen LogP contribution in [0.2, 0.25) is 0 Å². The molecule has 0 unspecified atom stereocenters. The summed E-state index contributed by atoms with van der Waals surface area (Å²) in [5.41, 5.74) is 1.28. The van der Waals surface area contributed by atoms with E-state index in [9.17, 15) is 0 Å². The molecule has 0 atom stereocenters. The van der Waals surface area contributed by atoms with Crippen molar-refractivity contribution in [3.05, 3.63) is 58.6 Å². The Morgan fingerprint density at radius 3 is 2.57 bits per heavy atom. The fourth-order valence-corrected chi connectivity index (χ4v) is 2.48. The Balaban J connectivity index is 1.61. The van der Waals surface area contributed by atoms with Gasteiger partial charge in [0.15, 0.2) is 11.5 Å². The predicted molar refractivity (Wildman–Crippen MR) is 87.1 cm³/mol. The van der Waals surface area contributed by atoms with Crippen molar-refractivity contribution in [2.75, 3.05) is 19.7 Å². The first kappa shape index (κ1) is 14.4. The standard InChI is InChI=1S/C17H18BrNO2/c18-14-6-7-16(17(10-14)21-15-11-19-12-15)20-9-8-13-4-2-1-3-5-13/h1-7,10,15,19H,8-9,11-12H2. The van der Waals surface area contributed by atoms with Crippen LogP contribution < -0.4 is 14.8 Å². The highest BCUT2D eigenvalue weighted by molar-refractivity contribution is 9.10. The average Bonchev–Trinajstić information content (AvgIpc) is 2.46. The van der Waals surface area contributed by atoms with Crippen LogP contribution in [-0.2, 0) is 6.42 Å². The number of rotatable bonds is 6. The molecule has 2 aromatic rings. The minimum absolute atomic E-state index is 0.246. The van der Waals surface area contributed by atoms with Gasteiger partial charge in [0, 0.05) is 24.0 Å². The van der Waals surface area contributed by atoms with E-state index < -0.39 is 0 Å². The van der Waals surface area contributed by atoms with Crippen molar-refractivity contribution in [1.82, 2.24) is 5.32 Å². The van der Waals surface area contributed by atoms with E-state index in [0.29, 0.717) is 6.61 Å². The molecule has 1 N–H and O–H groups in total. The topological polar surface area (TPSA) is 30.5 Å². The van der Waals surface area contributed by atoms with Crippen LogP contribution in [0.15, 0.2) is 53.0 Å². The number of ether oxygens (including phenoxy) is 2. The third kappa shape index (κ3) is 3.99. The van der Waals surface area contributed by atoms with Gasteiger partial charge in [0.1, 0.15) is 6.10 Å². The second kappa shape index (κ2) is 6.96. The molecule has 0 amide bonds. The summed E-state index contributed by atoms with van der Waals surface area (Å²) < 4.78 is 12.8. The number of hydrogen-bond acceptors (Lipinski definition) is 3. The summed E-state index contributed by atoms with van der Waals surface area (Å²) in [5.74, 6) is 1.62. The summed E-state index contributed by atoms with van der Waals surface area (Å²) in [6, 6.07) is 16.2. The van der Waals surface area contributed by atoms with Gasteiger partial charge in [-0.05, 0) is 23.8 Å². The summed E-state index contributed by atoms with van der Waals surface area (Å²) in [6.45, 7) is 2.44. The van der Waals surface area contributed by atoms with Crippen LogP contribution in [0.25, 0.3) is 0 Å². The third-order valence-corrected chi connectivity index (χ3v) is 3.93. The monoisotopic (exact) mass is 347 g/mol. The van der Waals surface area contributed by atoms with Gasteiger partial charge < -0.3 is 14.8 Å². The van der Waals surface area contributed by atoms with Gasteiger partial charge in [0.25, 0.3) is 0 Å². The Hall–Kier alpha value is -1.52. The number of nitrogens with one attached hydrogen (secondary N) is 1. The lowest BCUT2D eigenvalue weighted by Gasteiger charge is -2.28. The van der Waals surface area contributed by atoms with E-state index in [-0.39, 0.29) is 6.10 Å². The van der Waals surface area contributed by atoms with Gasteiger partial charge in [-0.1, -0.05) is 46.3 Å². The number of benzene rings is 2. The van der Waals surface area contributed by atoms with Crippen LogP contribution >= 0.6 is 15.9 Å². The lowest BCUT2D eigenvalue weighted by atomic mass is 10.2. The first-order chi connectivity index (χ1) is 10.3. The van der Waals surface area contributed by atoms with Crippen molar-refractivity contribution >= 4 is 15.9 Å². The van der Waals surface area contributed by atoms with E-state index in [1.165, 1.54) is 5.56 Å². The number of halogens is 1. The predicted octanol–water partition coefficient (Wildman–Crippen LogP) is 3.42. The molecule has 0 aliphatic carbocycles. The molecule has 21 heavy (non-hydrogen) atoms. The molecule has 0 saturated carbocycles. The highest BCUT2D eigenvalue weighted by Crippen LogP contribution is 2.32. The van der Waals surface area contributed by atoms with Crippen LogP contribution in [0, 0.1) is 0 Å². The second-order valence-corrected chi connectivity index (χ2v) is 5.99. The Morgan fingerprint density at radius 2 is 1.86 bits per heavy atom. The maximum absolute atomic E-state index is 5.95. The van der Waals surface area contributed by atoms with Crippen molar-refractivity contribution in [2.24, 2.45) is 0 Å². The minimum atomic E-state index is 0.246. The van der Waals surface area contributed by atoms with Crippen molar-refractivity contribution in [2.45, 2.75) is 12.5 Å². The molecule has 1 saturated heterocycles. The molecule has 110 valence electrons. The van der Waals surface area contributed by atoms with Crippen LogP contribution in [-0.4, -0.2) is 25.8 Å². The fraction of sp³-hybridized carbons (Fsp3) is 0.294. The Bertz CT molecular complexity index is 585. The van der Waals surface area contributed by atoms with Gasteiger partial charge in [-0.2, -0.15) is 0 Å². The molecule has 3 nitrogen and oxygen atoms in total. The SMILES string of the molecule is Brc1ccc(OCCc2ccccc2)c(OC2CNC2)c1. The average molecular weight is 348 g/mol. The molecule has 0 aromatic heterocycles. The largest absolute Gasteiger partial charge is 0.489 e. The first-order valence-corrected chi connectivity index (χ1v) is 7.94. The zero-order valence-corrected chi connectivity index (χ0v) is 13.3. The van der Waals surface area contributed by atoms with Crippen molar-refractivity contribution in [3.8, 4) is 11.5 Å². The highest BCUT2D eigenvalue weighted by atomic mass is 79.9. The zero-order valence-electron chi connectivity index (χ0n) is 11.7. The van der Waals surface area contributed by atoms with Gasteiger partial charge in [-0.15, -0.1) is 0 Å². The van der Waals surface area contributed by atoms with E-state index in [0.717, 1.165) is 35.5 Å². The van der Waals surface area contributed by atoms with Gasteiger partial charge in [0.2, 0.25) is 0 Å². The quantitative estimate of drug-likeness (QED) is 0.868. The molecule has 1 heterocycles. The summed E-state index contributed by atoms with van der Waals surface area (Å²) >= 11 is 3.48. The maximum atomic E-state index is 5.95. The lowest BCUT2D eigenvalue weighted by molar-refractivity contribution is 0.135. The molecule has 1 aliphatic rings. The van der Waals surface area contributed by atoms with Gasteiger partial charge in [0.05, 0.1) is 6.61 Å². The normalized spacial score (nSPS) is 14.5. The van der Waals surface area contributed by atoms with Gasteiger partial charge in [-0.3, -0.25) is 0 Å². The van der Waals surface area contributed by atoms with Crippen LogP contribution in [0.5, 0.6) is 11.5 Å². The molecule has 1 fully saturated rings. The van der Waals surface area contributed by atoms with Crippen LogP contribution in [0.4, 0.5) is 0 Å². The van der Waals surface area contributed by atoms with Gasteiger partial charge >= 0.3 is 0 Å². The first-order valence-electron chi connectivity index (χ1n) is 7.15. The smallest absolute Gasteiger partial charge is 0.162 e. The van der Waals surface area contributed by atoms with Crippen molar-refractivity contribution in [1.29, 1.82) is 0 Å². The summed E-state index contributed by atoms with van der Waals surface area (Å²) in [5, 5.41) is 3.20. The highest BCUT2D eigenvalue weighted by Gasteiger charge is 2.20. The Kier molecular flexibility index (Phi) is 4.78. The molecular formula is C17H18BrNO2. The summed E-state index contributed by atoms with van der Waals surface area (Å²) in [7, 11) is 0. The third-order valence-electron chi connectivity index (χ3n) is 3.43. The molecule has 0 radical (unpaired) electrons. The van der Waals surface area contributed by atoms with E-state index in [4.69, 9.17) is 9.47 Å². The van der Waals surface area contributed by atoms with E-state index in [2.05, 4.69) is 33.4 Å². The molecule has 0 spiro atoms. The summed E-state index contributed by atoms with van der Waals surface area (Å²) in [4.78, 5) is 0. The van der Waals surface area contributed by atoms with Crippen LogP contribution in [0.1, 0.15) is 5.56 Å².